The Hall–Kier alpha value is -3.47. The Morgan fingerprint density at radius 1 is 0.880 bits per heavy atom. The van der Waals surface area contributed by atoms with E-state index in [0.717, 1.165) is 28.0 Å². The van der Waals surface area contributed by atoms with Crippen LogP contribution < -0.4 is 5.32 Å². The molecule has 0 aliphatic heterocycles. The molecule has 1 aromatic carbocycles. The second kappa shape index (κ2) is 6.57. The zero-order valence-electron chi connectivity index (χ0n) is 13.4. The summed E-state index contributed by atoms with van der Waals surface area (Å²) in [5, 5.41) is 2.85. The van der Waals surface area contributed by atoms with Gasteiger partial charge in [-0.25, -0.2) is 9.97 Å². The van der Waals surface area contributed by atoms with Crippen molar-refractivity contribution in [3.8, 4) is 11.4 Å². The molecular weight excluding hydrogens is 312 g/mol. The lowest BCUT2D eigenvalue weighted by Gasteiger charge is -2.07. The van der Waals surface area contributed by atoms with Gasteiger partial charge in [0.25, 0.3) is 0 Å². The number of aromatic nitrogens is 3. The van der Waals surface area contributed by atoms with Crippen LogP contribution >= 0.6 is 0 Å². The number of carbonyl (C=O) groups excluding carboxylic acids is 1. The molecule has 0 fully saturated rings. The van der Waals surface area contributed by atoms with Gasteiger partial charge in [-0.15, -0.1) is 0 Å². The summed E-state index contributed by atoms with van der Waals surface area (Å²) < 4.78 is 0. The summed E-state index contributed by atoms with van der Waals surface area (Å²) in [5.74, 6) is 0.430. The minimum atomic E-state index is -0.0927. The lowest BCUT2D eigenvalue weighted by atomic mass is 10.1. The van der Waals surface area contributed by atoms with E-state index in [1.165, 1.54) is 0 Å². The van der Waals surface area contributed by atoms with Crippen LogP contribution in [0.3, 0.4) is 0 Å². The van der Waals surface area contributed by atoms with Crippen molar-refractivity contribution >= 4 is 22.8 Å². The summed E-state index contributed by atoms with van der Waals surface area (Å²) in [6.45, 7) is 0. The van der Waals surface area contributed by atoms with E-state index in [0.29, 0.717) is 12.2 Å². The number of nitrogens with one attached hydrogen (secondary N) is 2. The molecule has 0 radical (unpaired) electrons. The Labute approximate surface area is 144 Å². The predicted octanol–water partition coefficient (Wildman–Crippen LogP) is 3.81. The zero-order valence-corrected chi connectivity index (χ0v) is 13.4. The SMILES string of the molecule is O=C(Cc1ccccc1)Nc1cccc(-c2ccc3[nH]ccc3n2)n1. The first kappa shape index (κ1) is 15.1. The molecule has 0 aliphatic carbocycles. The molecule has 1 amide bonds. The highest BCUT2D eigenvalue weighted by molar-refractivity contribution is 5.91. The number of benzene rings is 1. The average molecular weight is 328 g/mol. The third-order valence-corrected chi connectivity index (χ3v) is 3.89. The number of pyridine rings is 2. The quantitative estimate of drug-likeness (QED) is 0.598. The summed E-state index contributed by atoms with van der Waals surface area (Å²) in [4.78, 5) is 24.4. The van der Waals surface area contributed by atoms with Crippen LogP contribution in [0.1, 0.15) is 5.56 Å². The molecule has 5 heteroatoms. The minimum Gasteiger partial charge on any atom is -0.360 e. The average Bonchev–Trinajstić information content (AvgIpc) is 3.10. The Balaban J connectivity index is 1.53. The van der Waals surface area contributed by atoms with Crippen LogP contribution in [0.15, 0.2) is 72.9 Å². The van der Waals surface area contributed by atoms with Gasteiger partial charge in [0, 0.05) is 6.20 Å². The lowest BCUT2D eigenvalue weighted by Crippen LogP contribution is -2.15. The van der Waals surface area contributed by atoms with E-state index in [4.69, 9.17) is 0 Å². The van der Waals surface area contributed by atoms with Crippen molar-refractivity contribution in [2.75, 3.05) is 5.32 Å². The van der Waals surface area contributed by atoms with E-state index in [1.54, 1.807) is 6.07 Å². The maximum absolute atomic E-state index is 12.2. The van der Waals surface area contributed by atoms with Crippen LogP contribution in [-0.4, -0.2) is 20.9 Å². The topological polar surface area (TPSA) is 70.7 Å². The fourth-order valence-electron chi connectivity index (χ4n) is 2.69. The first-order valence-corrected chi connectivity index (χ1v) is 8.03. The van der Waals surface area contributed by atoms with Gasteiger partial charge in [0.15, 0.2) is 0 Å². The predicted molar refractivity (Wildman–Crippen MR) is 98.1 cm³/mol. The van der Waals surface area contributed by atoms with Crippen molar-refractivity contribution < 1.29 is 4.79 Å². The largest absolute Gasteiger partial charge is 0.360 e. The van der Waals surface area contributed by atoms with Gasteiger partial charge in [-0.2, -0.15) is 0 Å². The Kier molecular flexibility index (Phi) is 3.96. The molecular formula is C20H16N4O. The highest BCUT2D eigenvalue weighted by Gasteiger charge is 2.08. The second-order valence-electron chi connectivity index (χ2n) is 5.73. The van der Waals surface area contributed by atoms with Gasteiger partial charge in [-0.1, -0.05) is 36.4 Å². The molecule has 3 heterocycles. The first-order valence-electron chi connectivity index (χ1n) is 8.03. The molecule has 0 spiro atoms. The molecule has 0 bridgehead atoms. The number of hydrogen-bond acceptors (Lipinski definition) is 3. The third kappa shape index (κ3) is 3.40. The second-order valence-corrected chi connectivity index (χ2v) is 5.73. The van der Waals surface area contributed by atoms with E-state index in [-0.39, 0.29) is 5.91 Å². The third-order valence-electron chi connectivity index (χ3n) is 3.89. The van der Waals surface area contributed by atoms with E-state index in [9.17, 15) is 4.79 Å². The molecule has 0 aliphatic rings. The Bertz CT molecular complexity index is 1020. The van der Waals surface area contributed by atoms with Crippen LogP contribution in [-0.2, 0) is 11.2 Å². The highest BCUT2D eigenvalue weighted by Crippen LogP contribution is 2.20. The van der Waals surface area contributed by atoms with Crippen molar-refractivity contribution in [1.29, 1.82) is 0 Å². The molecule has 122 valence electrons. The monoisotopic (exact) mass is 328 g/mol. The normalized spacial score (nSPS) is 10.7. The minimum absolute atomic E-state index is 0.0927. The van der Waals surface area contributed by atoms with Crippen molar-refractivity contribution in [3.63, 3.8) is 0 Å². The number of H-pyrrole nitrogens is 1. The van der Waals surface area contributed by atoms with Crippen LogP contribution in [0, 0.1) is 0 Å². The van der Waals surface area contributed by atoms with Crippen LogP contribution in [0.2, 0.25) is 0 Å². The Morgan fingerprint density at radius 2 is 1.72 bits per heavy atom. The lowest BCUT2D eigenvalue weighted by molar-refractivity contribution is -0.115. The van der Waals surface area contributed by atoms with Crippen LogP contribution in [0.4, 0.5) is 5.82 Å². The van der Waals surface area contributed by atoms with Gasteiger partial charge in [0.1, 0.15) is 5.82 Å². The van der Waals surface area contributed by atoms with Gasteiger partial charge >= 0.3 is 0 Å². The number of rotatable bonds is 4. The number of nitrogens with zero attached hydrogens (tertiary/aromatic N) is 2. The van der Waals surface area contributed by atoms with Crippen molar-refractivity contribution in [2.45, 2.75) is 6.42 Å². The summed E-state index contributed by atoms with van der Waals surface area (Å²) in [5.41, 5.74) is 4.33. The zero-order chi connectivity index (χ0) is 17.1. The van der Waals surface area contributed by atoms with Gasteiger partial charge < -0.3 is 10.3 Å². The van der Waals surface area contributed by atoms with Gasteiger partial charge in [0.05, 0.1) is 28.8 Å². The molecule has 2 N–H and O–H groups in total. The van der Waals surface area contributed by atoms with Gasteiger partial charge in [0.2, 0.25) is 5.91 Å². The number of anilines is 1. The summed E-state index contributed by atoms with van der Waals surface area (Å²) >= 11 is 0. The molecule has 25 heavy (non-hydrogen) atoms. The van der Waals surface area contributed by atoms with Crippen molar-refractivity contribution in [2.24, 2.45) is 0 Å². The van der Waals surface area contributed by atoms with Crippen LogP contribution in [0.25, 0.3) is 22.4 Å². The van der Waals surface area contributed by atoms with E-state index < -0.39 is 0 Å². The highest BCUT2D eigenvalue weighted by atomic mass is 16.1. The molecule has 4 aromatic rings. The molecule has 5 nitrogen and oxygen atoms in total. The molecule has 0 atom stereocenters. The number of amides is 1. The summed E-state index contributed by atoms with van der Waals surface area (Å²) in [7, 11) is 0. The fraction of sp³-hybridized carbons (Fsp3) is 0.0500. The number of aromatic amines is 1. The number of hydrogen-bond donors (Lipinski definition) is 2. The molecule has 0 unspecified atom stereocenters. The van der Waals surface area contributed by atoms with Crippen LogP contribution in [0.5, 0.6) is 0 Å². The van der Waals surface area contributed by atoms with Crippen molar-refractivity contribution in [1.82, 2.24) is 15.0 Å². The molecule has 0 saturated heterocycles. The first-order chi connectivity index (χ1) is 12.3. The fourth-order valence-corrected chi connectivity index (χ4v) is 2.69. The maximum atomic E-state index is 12.2. The van der Waals surface area contributed by atoms with E-state index in [1.807, 2.05) is 66.9 Å². The number of fused-ring (bicyclic) bond motifs is 1. The molecule has 0 saturated carbocycles. The Morgan fingerprint density at radius 3 is 2.60 bits per heavy atom. The van der Waals surface area contributed by atoms with E-state index in [2.05, 4.69) is 20.3 Å². The maximum Gasteiger partial charge on any atom is 0.229 e. The van der Waals surface area contributed by atoms with Gasteiger partial charge in [-0.3, -0.25) is 4.79 Å². The summed E-state index contributed by atoms with van der Waals surface area (Å²) in [6.07, 6.45) is 2.18. The standard InChI is InChI=1S/C20H16N4O/c25-20(13-14-5-2-1-3-6-14)24-19-8-4-7-16(23-19)17-10-9-15-18(22-17)11-12-21-15/h1-12,21H,13H2,(H,23,24,25). The smallest absolute Gasteiger partial charge is 0.229 e. The van der Waals surface area contributed by atoms with E-state index >= 15 is 0 Å². The van der Waals surface area contributed by atoms with Gasteiger partial charge in [-0.05, 0) is 35.9 Å². The summed E-state index contributed by atoms with van der Waals surface area (Å²) in [6, 6.07) is 21.0. The van der Waals surface area contributed by atoms with Crippen molar-refractivity contribution in [3.05, 3.63) is 78.5 Å². The molecule has 4 rings (SSSR count). The molecule has 3 aromatic heterocycles. The number of carbonyl (C=O) groups is 1.